The molecule has 1 fully saturated rings. The van der Waals surface area contributed by atoms with Crippen LogP contribution in [0.2, 0.25) is 0 Å². The minimum Gasteiger partial charge on any atom is -0.481 e. The van der Waals surface area contributed by atoms with E-state index >= 15 is 0 Å². The zero-order chi connectivity index (χ0) is 14.7. The lowest BCUT2D eigenvalue weighted by atomic mass is 9.79. The smallest absolute Gasteiger partial charge is 0.307 e. The molecule has 110 valence electrons. The summed E-state index contributed by atoms with van der Waals surface area (Å²) >= 11 is 1.34. The Morgan fingerprint density at radius 2 is 1.90 bits per heavy atom. The maximum absolute atomic E-state index is 12.2. The Morgan fingerprint density at radius 3 is 2.45 bits per heavy atom. The lowest BCUT2D eigenvalue weighted by Crippen LogP contribution is -2.36. The molecule has 1 saturated carbocycles. The Kier molecular flexibility index (Phi) is 4.69. The van der Waals surface area contributed by atoms with E-state index in [0.29, 0.717) is 18.0 Å². The first-order valence-corrected chi connectivity index (χ1v) is 7.67. The maximum atomic E-state index is 12.2. The Morgan fingerprint density at radius 1 is 1.25 bits per heavy atom. The summed E-state index contributed by atoms with van der Waals surface area (Å²) in [5.41, 5.74) is 0. The highest BCUT2D eigenvalue weighted by Gasteiger charge is 2.36. The highest BCUT2D eigenvalue weighted by Crippen LogP contribution is 2.32. The van der Waals surface area contributed by atoms with Gasteiger partial charge in [0.1, 0.15) is 5.01 Å². The summed E-state index contributed by atoms with van der Waals surface area (Å²) in [4.78, 5) is 23.4. The normalized spacial score (nSPS) is 22.8. The average molecular weight is 297 g/mol. The first-order chi connectivity index (χ1) is 9.49. The summed E-state index contributed by atoms with van der Waals surface area (Å²) < 4.78 is 0. The number of rotatable bonds is 4. The standard InChI is InChI=1S/C13H19N3O3S/c1-7(2)11-15-16-13(20-11)14-10(17)8-5-3-4-6-9(8)12(18)19/h7-9H,3-6H2,1-2H3,(H,18,19)(H,14,16,17)/t8-,9+/m1/s1. The molecule has 0 aromatic carbocycles. The monoisotopic (exact) mass is 297 g/mol. The lowest BCUT2D eigenvalue weighted by molar-refractivity contribution is -0.147. The van der Waals surface area contributed by atoms with Gasteiger partial charge in [-0.1, -0.05) is 38.0 Å². The minimum absolute atomic E-state index is 0.247. The molecule has 0 radical (unpaired) electrons. The molecule has 0 aliphatic heterocycles. The van der Waals surface area contributed by atoms with E-state index in [1.165, 1.54) is 11.3 Å². The molecule has 0 saturated heterocycles. The van der Waals surface area contributed by atoms with Gasteiger partial charge in [-0.05, 0) is 12.8 Å². The number of anilines is 1. The predicted octanol–water partition coefficient (Wildman–Crippen LogP) is 2.49. The van der Waals surface area contributed by atoms with Crippen LogP contribution in [0.5, 0.6) is 0 Å². The van der Waals surface area contributed by atoms with E-state index in [-0.39, 0.29) is 11.8 Å². The van der Waals surface area contributed by atoms with Gasteiger partial charge in [-0.25, -0.2) is 0 Å². The fraction of sp³-hybridized carbons (Fsp3) is 0.692. The summed E-state index contributed by atoms with van der Waals surface area (Å²) in [6.07, 6.45) is 2.96. The number of carboxylic acid groups (broad SMARTS) is 1. The summed E-state index contributed by atoms with van der Waals surface area (Å²) in [6, 6.07) is 0. The molecule has 1 aromatic rings. The second-order valence-electron chi connectivity index (χ2n) is 5.43. The first-order valence-electron chi connectivity index (χ1n) is 6.86. The van der Waals surface area contributed by atoms with Crippen LogP contribution in [-0.4, -0.2) is 27.2 Å². The van der Waals surface area contributed by atoms with Gasteiger partial charge in [-0.2, -0.15) is 0 Å². The van der Waals surface area contributed by atoms with Crippen LogP contribution in [0, 0.1) is 11.8 Å². The lowest BCUT2D eigenvalue weighted by Gasteiger charge is -2.26. The van der Waals surface area contributed by atoms with Crippen molar-refractivity contribution in [2.45, 2.75) is 45.4 Å². The molecule has 1 amide bonds. The third kappa shape index (κ3) is 3.33. The average Bonchev–Trinajstić information content (AvgIpc) is 2.87. The fourth-order valence-corrected chi connectivity index (χ4v) is 3.21. The predicted molar refractivity (Wildman–Crippen MR) is 75.7 cm³/mol. The van der Waals surface area contributed by atoms with Gasteiger partial charge >= 0.3 is 5.97 Å². The van der Waals surface area contributed by atoms with E-state index in [2.05, 4.69) is 15.5 Å². The van der Waals surface area contributed by atoms with Gasteiger partial charge < -0.3 is 10.4 Å². The largest absolute Gasteiger partial charge is 0.481 e. The number of amides is 1. The Bertz CT molecular complexity index is 501. The number of nitrogens with one attached hydrogen (secondary N) is 1. The number of nitrogens with zero attached hydrogens (tertiary/aromatic N) is 2. The third-order valence-electron chi connectivity index (χ3n) is 3.58. The number of carboxylic acids is 1. The maximum Gasteiger partial charge on any atom is 0.307 e. The van der Waals surface area contributed by atoms with Crippen molar-refractivity contribution < 1.29 is 14.7 Å². The highest BCUT2D eigenvalue weighted by atomic mass is 32.1. The molecule has 1 aromatic heterocycles. The van der Waals surface area contributed by atoms with Gasteiger partial charge in [0.25, 0.3) is 0 Å². The molecule has 6 nitrogen and oxygen atoms in total. The third-order valence-corrected chi connectivity index (χ3v) is 4.72. The van der Waals surface area contributed by atoms with Crippen molar-refractivity contribution in [1.82, 2.24) is 10.2 Å². The Balaban J connectivity index is 2.04. The summed E-state index contributed by atoms with van der Waals surface area (Å²) in [7, 11) is 0. The number of hydrogen-bond donors (Lipinski definition) is 2. The molecule has 7 heteroatoms. The number of hydrogen-bond acceptors (Lipinski definition) is 5. The zero-order valence-electron chi connectivity index (χ0n) is 11.6. The number of carbonyl (C=O) groups is 2. The van der Waals surface area contributed by atoms with E-state index in [1.807, 2.05) is 13.8 Å². The Labute approximate surface area is 121 Å². The van der Waals surface area contributed by atoms with Crippen LogP contribution in [0.3, 0.4) is 0 Å². The van der Waals surface area contributed by atoms with Gasteiger partial charge in [0.05, 0.1) is 11.8 Å². The number of carbonyl (C=O) groups excluding carboxylic acids is 1. The van der Waals surface area contributed by atoms with E-state index < -0.39 is 17.8 Å². The van der Waals surface area contributed by atoms with Crippen molar-refractivity contribution in [3.8, 4) is 0 Å². The van der Waals surface area contributed by atoms with Crippen LogP contribution in [-0.2, 0) is 9.59 Å². The molecule has 0 spiro atoms. The van der Waals surface area contributed by atoms with Crippen LogP contribution in [0.25, 0.3) is 0 Å². The van der Waals surface area contributed by atoms with Gasteiger partial charge in [-0.3, -0.25) is 9.59 Å². The van der Waals surface area contributed by atoms with Crippen LogP contribution in [0.15, 0.2) is 0 Å². The fourth-order valence-electron chi connectivity index (χ4n) is 2.46. The molecule has 2 rings (SSSR count). The van der Waals surface area contributed by atoms with Gasteiger partial charge in [-0.15, -0.1) is 10.2 Å². The second-order valence-corrected chi connectivity index (χ2v) is 6.43. The molecular weight excluding hydrogens is 278 g/mol. The van der Waals surface area contributed by atoms with Crippen molar-refractivity contribution >= 4 is 28.3 Å². The van der Waals surface area contributed by atoms with Crippen LogP contribution >= 0.6 is 11.3 Å². The van der Waals surface area contributed by atoms with Crippen molar-refractivity contribution in [1.29, 1.82) is 0 Å². The quantitative estimate of drug-likeness (QED) is 0.890. The van der Waals surface area contributed by atoms with Crippen molar-refractivity contribution in [3.05, 3.63) is 5.01 Å². The van der Waals surface area contributed by atoms with E-state index in [1.54, 1.807) is 0 Å². The van der Waals surface area contributed by atoms with Crippen LogP contribution in [0.4, 0.5) is 5.13 Å². The van der Waals surface area contributed by atoms with E-state index in [0.717, 1.165) is 17.8 Å². The molecule has 20 heavy (non-hydrogen) atoms. The molecule has 1 aliphatic rings. The van der Waals surface area contributed by atoms with E-state index in [9.17, 15) is 14.7 Å². The highest BCUT2D eigenvalue weighted by molar-refractivity contribution is 7.15. The van der Waals surface area contributed by atoms with E-state index in [4.69, 9.17) is 0 Å². The topological polar surface area (TPSA) is 92.2 Å². The van der Waals surface area contributed by atoms with Gasteiger partial charge in [0, 0.05) is 5.92 Å². The second kappa shape index (κ2) is 6.30. The molecule has 1 aliphatic carbocycles. The minimum atomic E-state index is -0.884. The molecule has 2 N–H and O–H groups in total. The number of aromatic nitrogens is 2. The van der Waals surface area contributed by atoms with Crippen LogP contribution in [0.1, 0.15) is 50.5 Å². The molecule has 2 atom stereocenters. The van der Waals surface area contributed by atoms with Crippen molar-refractivity contribution in [2.24, 2.45) is 11.8 Å². The molecule has 1 heterocycles. The summed E-state index contributed by atoms with van der Waals surface area (Å²) in [5.74, 6) is -1.91. The molecular formula is C13H19N3O3S. The summed E-state index contributed by atoms with van der Waals surface area (Å²) in [6.45, 7) is 4.02. The van der Waals surface area contributed by atoms with Gasteiger partial charge in [0.2, 0.25) is 11.0 Å². The van der Waals surface area contributed by atoms with Crippen molar-refractivity contribution in [2.75, 3.05) is 5.32 Å². The number of aliphatic carboxylic acids is 1. The summed E-state index contributed by atoms with van der Waals surface area (Å²) in [5, 5.41) is 21.2. The SMILES string of the molecule is CC(C)c1nnc(NC(=O)[C@@H]2CCCC[C@@H]2C(=O)O)s1. The van der Waals surface area contributed by atoms with Crippen molar-refractivity contribution in [3.63, 3.8) is 0 Å². The molecule has 0 bridgehead atoms. The van der Waals surface area contributed by atoms with Crippen LogP contribution < -0.4 is 5.32 Å². The first kappa shape index (κ1) is 14.9. The zero-order valence-corrected chi connectivity index (χ0v) is 12.4. The Hall–Kier alpha value is -1.50. The van der Waals surface area contributed by atoms with Gasteiger partial charge in [0.15, 0.2) is 0 Å². The molecule has 0 unspecified atom stereocenters.